The Bertz CT molecular complexity index is 1250. The standard InChI is InChI=1S/C23H24N3O5P.C2H6/c1-23(2,31-32(28)29)12-13-30-18-10-8-16(9-11-18)19-14-26(17-6-4-3-5-7-17)21-20(19)22(27)25-15-24-21;1-2/h3-11,14-15,28-29H,12-13H2,1-2H3,(H,24,25,27);1-2H3. The second kappa shape index (κ2) is 11.4. The number of nitrogens with one attached hydrogen (secondary N) is 1. The van der Waals surface area contributed by atoms with Gasteiger partial charge in [0.1, 0.15) is 5.75 Å². The molecule has 2 aromatic carbocycles. The minimum absolute atomic E-state index is 0.199. The molecule has 4 rings (SSSR count). The molecule has 3 N–H and O–H groups in total. The van der Waals surface area contributed by atoms with E-state index in [2.05, 4.69) is 9.97 Å². The molecule has 0 spiro atoms. The Morgan fingerprint density at radius 1 is 1.06 bits per heavy atom. The fraction of sp³-hybridized carbons (Fsp3) is 0.280. The molecule has 0 radical (unpaired) electrons. The van der Waals surface area contributed by atoms with Gasteiger partial charge in [-0.15, -0.1) is 0 Å². The molecule has 0 saturated heterocycles. The summed E-state index contributed by atoms with van der Waals surface area (Å²) in [6.45, 7) is 7.90. The summed E-state index contributed by atoms with van der Waals surface area (Å²) in [5.41, 5.74) is 2.24. The SMILES string of the molecule is CC.CC(C)(CCOc1ccc(-c2cn(-c3ccccc3)c3nc[nH]c(=O)c23)cc1)OP(O)O. The van der Waals surface area contributed by atoms with Gasteiger partial charge >= 0.3 is 8.60 Å². The zero-order valence-electron chi connectivity index (χ0n) is 19.7. The highest BCUT2D eigenvalue weighted by Gasteiger charge is 2.22. The molecular weight excluding hydrogens is 453 g/mol. The lowest BCUT2D eigenvalue weighted by Gasteiger charge is -2.24. The zero-order valence-corrected chi connectivity index (χ0v) is 20.6. The summed E-state index contributed by atoms with van der Waals surface area (Å²) >= 11 is 0. The van der Waals surface area contributed by atoms with Gasteiger partial charge in [0, 0.05) is 23.9 Å². The molecule has 0 aliphatic heterocycles. The van der Waals surface area contributed by atoms with Crippen molar-refractivity contribution in [3.05, 3.63) is 77.5 Å². The summed E-state index contributed by atoms with van der Waals surface area (Å²) in [6.07, 6.45) is 3.81. The number of benzene rings is 2. The number of aromatic amines is 1. The Labute approximate surface area is 199 Å². The quantitative estimate of drug-likeness (QED) is 0.298. The molecule has 0 saturated carbocycles. The zero-order chi connectivity index (χ0) is 24.7. The fourth-order valence-electron chi connectivity index (χ4n) is 3.49. The third-order valence-corrected chi connectivity index (χ3v) is 5.75. The van der Waals surface area contributed by atoms with Crippen molar-refractivity contribution in [2.45, 2.75) is 39.7 Å². The number of hydrogen-bond donors (Lipinski definition) is 3. The molecule has 0 amide bonds. The van der Waals surface area contributed by atoms with Crippen molar-refractivity contribution < 1.29 is 19.0 Å². The Balaban J connectivity index is 0.00000158. The van der Waals surface area contributed by atoms with Crippen LogP contribution in [-0.4, -0.2) is 36.5 Å². The van der Waals surface area contributed by atoms with Gasteiger partial charge in [-0.25, -0.2) is 4.98 Å². The van der Waals surface area contributed by atoms with E-state index in [4.69, 9.17) is 19.0 Å². The van der Waals surface area contributed by atoms with Gasteiger partial charge < -0.3 is 28.6 Å². The number of aromatic nitrogens is 3. The Morgan fingerprint density at radius 3 is 2.38 bits per heavy atom. The van der Waals surface area contributed by atoms with Crippen molar-refractivity contribution in [1.82, 2.24) is 14.5 Å². The highest BCUT2D eigenvalue weighted by atomic mass is 31.2. The first-order chi connectivity index (χ1) is 16.3. The number of H-pyrrole nitrogens is 1. The van der Waals surface area contributed by atoms with E-state index < -0.39 is 14.2 Å². The van der Waals surface area contributed by atoms with E-state index in [-0.39, 0.29) is 5.56 Å². The molecule has 34 heavy (non-hydrogen) atoms. The maximum absolute atomic E-state index is 12.6. The number of rotatable bonds is 8. The van der Waals surface area contributed by atoms with E-state index in [1.165, 1.54) is 6.33 Å². The molecule has 0 atom stereocenters. The number of hydrogen-bond acceptors (Lipinski definition) is 6. The first-order valence-electron chi connectivity index (χ1n) is 11.1. The van der Waals surface area contributed by atoms with Crippen molar-refractivity contribution in [1.29, 1.82) is 0 Å². The normalized spacial score (nSPS) is 11.4. The lowest BCUT2D eigenvalue weighted by atomic mass is 10.1. The average molecular weight is 484 g/mol. The summed E-state index contributed by atoms with van der Waals surface area (Å²) in [4.78, 5) is 37.8. The fourth-order valence-corrected chi connectivity index (χ4v) is 4.02. The van der Waals surface area contributed by atoms with Gasteiger partial charge in [0.15, 0.2) is 5.65 Å². The van der Waals surface area contributed by atoms with Crippen LogP contribution in [0.3, 0.4) is 0 Å². The van der Waals surface area contributed by atoms with Crippen LogP contribution in [0.15, 0.2) is 71.9 Å². The molecule has 2 aromatic heterocycles. The van der Waals surface area contributed by atoms with E-state index >= 15 is 0 Å². The van der Waals surface area contributed by atoms with Crippen LogP contribution in [0.5, 0.6) is 5.75 Å². The van der Waals surface area contributed by atoms with Gasteiger partial charge in [-0.1, -0.05) is 44.2 Å². The maximum atomic E-state index is 12.6. The van der Waals surface area contributed by atoms with Crippen molar-refractivity contribution in [3.8, 4) is 22.6 Å². The molecular formula is C25H30N3O5P. The summed E-state index contributed by atoms with van der Waals surface area (Å²) in [5, 5.41) is 0.522. The van der Waals surface area contributed by atoms with Crippen molar-refractivity contribution in [2.75, 3.05) is 6.61 Å². The van der Waals surface area contributed by atoms with Gasteiger partial charge in [0.2, 0.25) is 0 Å². The van der Waals surface area contributed by atoms with E-state index in [1.54, 1.807) is 13.8 Å². The monoisotopic (exact) mass is 483 g/mol. The molecule has 9 heteroatoms. The molecule has 8 nitrogen and oxygen atoms in total. The van der Waals surface area contributed by atoms with E-state index in [0.717, 1.165) is 16.8 Å². The van der Waals surface area contributed by atoms with Gasteiger partial charge in [-0.05, 0) is 43.7 Å². The highest BCUT2D eigenvalue weighted by molar-refractivity contribution is 7.39. The lowest BCUT2D eigenvalue weighted by molar-refractivity contribution is 0.0667. The largest absolute Gasteiger partial charge is 0.493 e. The van der Waals surface area contributed by atoms with Crippen LogP contribution in [0.1, 0.15) is 34.1 Å². The van der Waals surface area contributed by atoms with Crippen LogP contribution in [0.25, 0.3) is 27.8 Å². The van der Waals surface area contributed by atoms with Gasteiger partial charge in [0.05, 0.1) is 23.9 Å². The molecule has 180 valence electrons. The lowest BCUT2D eigenvalue weighted by Crippen LogP contribution is -2.24. The molecule has 2 heterocycles. The Hall–Kier alpha value is -3.03. The number of para-hydroxylation sites is 1. The average Bonchev–Trinajstić information content (AvgIpc) is 3.21. The first kappa shape index (κ1) is 25.6. The van der Waals surface area contributed by atoms with E-state index in [0.29, 0.717) is 29.8 Å². The van der Waals surface area contributed by atoms with Crippen LogP contribution >= 0.6 is 8.60 Å². The summed E-state index contributed by atoms with van der Waals surface area (Å²) in [7, 11) is -2.41. The van der Waals surface area contributed by atoms with Crippen LogP contribution in [0.4, 0.5) is 0 Å². The van der Waals surface area contributed by atoms with E-state index in [1.807, 2.05) is 79.2 Å². The molecule has 0 aliphatic carbocycles. The number of fused-ring (bicyclic) bond motifs is 1. The third kappa shape index (κ3) is 6.10. The summed E-state index contributed by atoms with van der Waals surface area (Å²) < 4.78 is 12.8. The predicted molar refractivity (Wildman–Crippen MR) is 135 cm³/mol. The Kier molecular flexibility index (Phi) is 8.58. The highest BCUT2D eigenvalue weighted by Crippen LogP contribution is 2.34. The summed E-state index contributed by atoms with van der Waals surface area (Å²) in [6, 6.07) is 17.2. The predicted octanol–water partition coefficient (Wildman–Crippen LogP) is 5.18. The molecule has 0 aliphatic rings. The van der Waals surface area contributed by atoms with E-state index in [9.17, 15) is 4.79 Å². The molecule has 0 fully saturated rings. The van der Waals surface area contributed by atoms with Crippen LogP contribution in [-0.2, 0) is 4.52 Å². The second-order valence-electron chi connectivity index (χ2n) is 7.91. The molecule has 4 aromatic rings. The number of ether oxygens (including phenoxy) is 1. The van der Waals surface area contributed by atoms with Crippen LogP contribution < -0.4 is 10.3 Å². The minimum Gasteiger partial charge on any atom is -0.493 e. The van der Waals surface area contributed by atoms with Gasteiger partial charge in [-0.2, -0.15) is 0 Å². The molecule has 0 unspecified atom stereocenters. The van der Waals surface area contributed by atoms with Crippen LogP contribution in [0.2, 0.25) is 0 Å². The van der Waals surface area contributed by atoms with Crippen molar-refractivity contribution >= 4 is 19.6 Å². The maximum Gasteiger partial charge on any atom is 0.327 e. The second-order valence-corrected chi connectivity index (χ2v) is 8.59. The molecule has 0 bridgehead atoms. The van der Waals surface area contributed by atoms with Gasteiger partial charge in [0.25, 0.3) is 5.56 Å². The summed E-state index contributed by atoms with van der Waals surface area (Å²) in [5.74, 6) is 0.665. The van der Waals surface area contributed by atoms with Crippen LogP contribution in [0, 0.1) is 0 Å². The minimum atomic E-state index is -2.41. The topological polar surface area (TPSA) is 110 Å². The number of nitrogens with zero attached hydrogens (tertiary/aromatic N) is 2. The van der Waals surface area contributed by atoms with Crippen molar-refractivity contribution in [2.24, 2.45) is 0 Å². The van der Waals surface area contributed by atoms with Crippen molar-refractivity contribution in [3.63, 3.8) is 0 Å². The smallest absolute Gasteiger partial charge is 0.327 e. The van der Waals surface area contributed by atoms with Gasteiger partial charge in [-0.3, -0.25) is 4.79 Å². The first-order valence-corrected chi connectivity index (χ1v) is 12.2. The Morgan fingerprint density at radius 2 is 1.74 bits per heavy atom. The third-order valence-electron chi connectivity index (χ3n) is 5.09.